The van der Waals surface area contributed by atoms with Crippen molar-refractivity contribution in [1.82, 2.24) is 10.2 Å². The van der Waals surface area contributed by atoms with Crippen molar-refractivity contribution >= 4 is 45.9 Å². The molecule has 2 atom stereocenters. The van der Waals surface area contributed by atoms with Crippen molar-refractivity contribution in [2.24, 2.45) is 20.7 Å². The van der Waals surface area contributed by atoms with Crippen LogP contribution >= 0.6 is 15.9 Å². The fourth-order valence-corrected chi connectivity index (χ4v) is 4.22. The lowest BCUT2D eigenvalue weighted by Crippen LogP contribution is -2.50. The van der Waals surface area contributed by atoms with E-state index < -0.39 is 29.9 Å². The lowest BCUT2D eigenvalue weighted by Gasteiger charge is -2.34. The third kappa shape index (κ3) is 6.50. The molecule has 188 valence electrons. The summed E-state index contributed by atoms with van der Waals surface area (Å²) in [6.07, 6.45) is 0.257. The largest absolute Gasteiger partial charge is 0.479 e. The molecule has 0 aromatic heterocycles. The van der Waals surface area contributed by atoms with Gasteiger partial charge in [0, 0.05) is 36.9 Å². The Bertz CT molecular complexity index is 1110. The van der Waals surface area contributed by atoms with Gasteiger partial charge in [0.2, 0.25) is 0 Å². The van der Waals surface area contributed by atoms with Gasteiger partial charge in [-0.2, -0.15) is 0 Å². The molecule has 13 heteroatoms. The monoisotopic (exact) mass is 552 g/mol. The number of aliphatic carboxylic acids is 1. The Morgan fingerprint density at radius 1 is 1.49 bits per heavy atom. The summed E-state index contributed by atoms with van der Waals surface area (Å²) in [6.45, 7) is 2.72. The van der Waals surface area contributed by atoms with E-state index >= 15 is 0 Å². The number of rotatable bonds is 8. The summed E-state index contributed by atoms with van der Waals surface area (Å²) in [5.74, 6) is -1.96. The average molecular weight is 553 g/mol. The topological polar surface area (TPSA) is 151 Å². The standard InChI is InChI=1S/C22H26BrFN6O5/c1-3-34-22(33)17-15(9-30-6-7-35-16(10-30)21(31)32)28-20(19(25)27-11-26-2)29-18(17)13-5-4-12(24)8-14(13)23/h4-5,8,11,16,18H,3,6-7,9-10H2,1-2H3,(H,28,29)(H,31,32)(H2,25,26,27). The molecule has 2 unspecified atom stereocenters. The summed E-state index contributed by atoms with van der Waals surface area (Å²) in [7, 11) is 1.53. The van der Waals surface area contributed by atoms with Crippen LogP contribution in [0.1, 0.15) is 18.5 Å². The molecule has 0 bridgehead atoms. The molecule has 3 rings (SSSR count). The first-order valence-corrected chi connectivity index (χ1v) is 11.5. The average Bonchev–Trinajstić information content (AvgIpc) is 2.82. The Morgan fingerprint density at radius 3 is 2.91 bits per heavy atom. The predicted octanol–water partition coefficient (Wildman–Crippen LogP) is 1.25. The minimum atomic E-state index is -1.07. The number of hydrogen-bond acceptors (Lipinski definition) is 8. The van der Waals surface area contributed by atoms with Gasteiger partial charge in [0.05, 0.1) is 18.8 Å². The Hall–Kier alpha value is -3.16. The minimum Gasteiger partial charge on any atom is -0.479 e. The number of amidine groups is 2. The number of carbonyl (C=O) groups excluding carboxylic acids is 1. The highest BCUT2D eigenvalue weighted by Crippen LogP contribution is 2.36. The third-order valence-corrected chi connectivity index (χ3v) is 5.93. The van der Waals surface area contributed by atoms with Crippen LogP contribution in [-0.4, -0.2) is 86.0 Å². The Kier molecular flexibility index (Phi) is 9.07. The number of aliphatic imine (C=N–C) groups is 3. The maximum absolute atomic E-state index is 13.8. The second-order valence-corrected chi connectivity index (χ2v) is 8.46. The molecule has 4 N–H and O–H groups in total. The van der Waals surface area contributed by atoms with Crippen molar-refractivity contribution in [3.63, 3.8) is 0 Å². The SMILES string of the molecule is CCOC(=O)C1=C(CN2CCOC(C(=O)O)C2)NC(C(N)=NC=NC)=NC1c1ccc(F)cc1Br. The maximum atomic E-state index is 13.8. The van der Waals surface area contributed by atoms with E-state index in [0.29, 0.717) is 22.3 Å². The first kappa shape index (κ1) is 26.4. The van der Waals surface area contributed by atoms with Gasteiger partial charge in [-0.3, -0.25) is 14.9 Å². The Balaban J connectivity index is 2.11. The van der Waals surface area contributed by atoms with Crippen molar-refractivity contribution in [3.05, 3.63) is 45.3 Å². The minimum absolute atomic E-state index is 0.0182. The second-order valence-electron chi connectivity index (χ2n) is 7.60. The van der Waals surface area contributed by atoms with Crippen molar-refractivity contribution in [2.75, 3.05) is 39.9 Å². The molecular weight excluding hydrogens is 527 g/mol. The summed E-state index contributed by atoms with van der Waals surface area (Å²) in [4.78, 5) is 38.8. The summed E-state index contributed by atoms with van der Waals surface area (Å²) in [6, 6.07) is 3.15. The van der Waals surface area contributed by atoms with Gasteiger partial charge in [-0.15, -0.1) is 0 Å². The molecule has 0 saturated carbocycles. The molecule has 11 nitrogen and oxygen atoms in total. The Labute approximate surface area is 209 Å². The van der Waals surface area contributed by atoms with Crippen LogP contribution in [0.4, 0.5) is 4.39 Å². The lowest BCUT2D eigenvalue weighted by molar-refractivity contribution is -0.155. The zero-order valence-electron chi connectivity index (χ0n) is 19.2. The van der Waals surface area contributed by atoms with E-state index in [1.807, 2.05) is 4.90 Å². The van der Waals surface area contributed by atoms with Crippen LogP contribution in [0.2, 0.25) is 0 Å². The molecule has 2 aliphatic heterocycles. The first-order valence-electron chi connectivity index (χ1n) is 10.8. The third-order valence-electron chi connectivity index (χ3n) is 5.24. The highest BCUT2D eigenvalue weighted by atomic mass is 79.9. The van der Waals surface area contributed by atoms with Crippen LogP contribution in [0.25, 0.3) is 0 Å². The number of nitrogens with one attached hydrogen (secondary N) is 1. The maximum Gasteiger partial charge on any atom is 0.338 e. The molecule has 1 aromatic carbocycles. The number of nitrogens with zero attached hydrogens (tertiary/aromatic N) is 4. The number of carboxylic acid groups (broad SMARTS) is 1. The molecule has 0 radical (unpaired) electrons. The quantitative estimate of drug-likeness (QED) is 0.247. The summed E-state index contributed by atoms with van der Waals surface area (Å²) < 4.78 is 24.8. The molecule has 2 aliphatic rings. The van der Waals surface area contributed by atoms with Crippen LogP contribution < -0.4 is 11.1 Å². The van der Waals surface area contributed by atoms with Crippen LogP contribution in [0, 0.1) is 5.82 Å². The van der Waals surface area contributed by atoms with Gasteiger partial charge in [0.25, 0.3) is 0 Å². The number of carbonyl (C=O) groups is 2. The van der Waals surface area contributed by atoms with E-state index in [1.54, 1.807) is 6.92 Å². The molecule has 35 heavy (non-hydrogen) atoms. The number of hydrogen-bond donors (Lipinski definition) is 3. The van der Waals surface area contributed by atoms with Crippen LogP contribution in [0.5, 0.6) is 0 Å². The van der Waals surface area contributed by atoms with Crippen molar-refractivity contribution in [2.45, 2.75) is 19.1 Å². The smallest absolute Gasteiger partial charge is 0.338 e. The highest BCUT2D eigenvalue weighted by molar-refractivity contribution is 9.10. The number of esters is 1. The van der Waals surface area contributed by atoms with E-state index in [2.05, 4.69) is 36.2 Å². The molecule has 0 amide bonds. The van der Waals surface area contributed by atoms with E-state index in [1.165, 1.54) is 31.6 Å². The van der Waals surface area contributed by atoms with E-state index in [0.717, 1.165) is 0 Å². The van der Waals surface area contributed by atoms with Crippen molar-refractivity contribution < 1.29 is 28.6 Å². The zero-order valence-corrected chi connectivity index (χ0v) is 20.8. The zero-order chi connectivity index (χ0) is 25.5. The first-order chi connectivity index (χ1) is 16.7. The van der Waals surface area contributed by atoms with Gasteiger partial charge < -0.3 is 25.6 Å². The molecule has 1 aromatic rings. The summed E-state index contributed by atoms with van der Waals surface area (Å²) in [5, 5.41) is 12.4. The normalized spacial score (nSPS) is 21.6. The van der Waals surface area contributed by atoms with Crippen LogP contribution in [0.15, 0.2) is 48.9 Å². The van der Waals surface area contributed by atoms with Gasteiger partial charge in [0.1, 0.15) is 18.2 Å². The molecule has 1 fully saturated rings. The van der Waals surface area contributed by atoms with Crippen LogP contribution in [0.3, 0.4) is 0 Å². The number of carboxylic acids is 1. The van der Waals surface area contributed by atoms with Crippen LogP contribution in [-0.2, 0) is 19.1 Å². The Morgan fingerprint density at radius 2 is 2.26 bits per heavy atom. The number of nitrogens with two attached hydrogens (primary N) is 1. The lowest BCUT2D eigenvalue weighted by atomic mass is 9.95. The van der Waals surface area contributed by atoms with Gasteiger partial charge in [0.15, 0.2) is 17.8 Å². The van der Waals surface area contributed by atoms with E-state index in [4.69, 9.17) is 15.2 Å². The van der Waals surface area contributed by atoms with Crippen molar-refractivity contribution in [3.8, 4) is 0 Å². The van der Waals surface area contributed by atoms with Crippen molar-refractivity contribution in [1.29, 1.82) is 0 Å². The highest BCUT2D eigenvalue weighted by Gasteiger charge is 2.35. The summed E-state index contributed by atoms with van der Waals surface area (Å²) in [5.41, 5.74) is 7.23. The van der Waals surface area contributed by atoms with Gasteiger partial charge in [-0.1, -0.05) is 22.0 Å². The predicted molar refractivity (Wildman–Crippen MR) is 131 cm³/mol. The second kappa shape index (κ2) is 12.0. The van der Waals surface area contributed by atoms with E-state index in [-0.39, 0.29) is 43.5 Å². The van der Waals surface area contributed by atoms with Gasteiger partial charge in [-0.25, -0.2) is 19.0 Å². The number of morpholine rings is 1. The number of ether oxygens (including phenoxy) is 2. The fourth-order valence-electron chi connectivity index (χ4n) is 3.65. The molecule has 2 heterocycles. The fraction of sp³-hybridized carbons (Fsp3) is 0.409. The molecule has 0 aliphatic carbocycles. The molecule has 1 saturated heterocycles. The van der Waals surface area contributed by atoms with Gasteiger partial charge in [-0.05, 0) is 24.6 Å². The number of halogens is 2. The number of benzene rings is 1. The molecular formula is C22H26BrFN6O5. The molecule has 0 spiro atoms. The van der Waals surface area contributed by atoms with Gasteiger partial charge >= 0.3 is 11.9 Å². The summed E-state index contributed by atoms with van der Waals surface area (Å²) >= 11 is 3.36. The van der Waals surface area contributed by atoms with E-state index in [9.17, 15) is 19.1 Å².